The van der Waals surface area contributed by atoms with Crippen molar-refractivity contribution < 1.29 is 4.74 Å². The molecule has 1 rings (SSSR count). The van der Waals surface area contributed by atoms with E-state index in [4.69, 9.17) is 4.74 Å². The third kappa shape index (κ3) is 5.84. The van der Waals surface area contributed by atoms with E-state index in [1.807, 2.05) is 30.3 Å². The van der Waals surface area contributed by atoms with Crippen molar-refractivity contribution in [3.05, 3.63) is 30.3 Å². The maximum absolute atomic E-state index is 5.53. The van der Waals surface area contributed by atoms with Crippen molar-refractivity contribution in [1.29, 1.82) is 0 Å². The lowest BCUT2D eigenvalue weighted by Crippen LogP contribution is -2.15. The number of hydrogen-bond acceptors (Lipinski definition) is 2. The summed E-state index contributed by atoms with van der Waals surface area (Å²) in [5, 5.41) is 0. The van der Waals surface area contributed by atoms with Gasteiger partial charge in [-0.25, -0.2) is 0 Å². The van der Waals surface area contributed by atoms with Crippen LogP contribution >= 0.6 is 12.4 Å². The molecule has 0 spiro atoms. The van der Waals surface area contributed by atoms with Gasteiger partial charge in [0.25, 0.3) is 0 Å². The Labute approximate surface area is 92.3 Å². The number of benzene rings is 1. The normalized spacial score (nSPS) is 9.64. The van der Waals surface area contributed by atoms with Crippen LogP contribution in [0.3, 0.4) is 0 Å². The molecule has 14 heavy (non-hydrogen) atoms. The number of halogens is 1. The molecule has 0 bridgehead atoms. The molecule has 3 heteroatoms. The molecule has 0 fully saturated rings. The fourth-order valence-corrected chi connectivity index (χ4v) is 1.09. The molecule has 80 valence electrons. The largest absolute Gasteiger partial charge is 0.494 e. The molecule has 0 aromatic heterocycles. The first-order chi connectivity index (χ1) is 6.29. The van der Waals surface area contributed by atoms with E-state index in [-0.39, 0.29) is 12.4 Å². The van der Waals surface area contributed by atoms with Gasteiger partial charge in [-0.2, -0.15) is 0 Å². The molecule has 0 heterocycles. The molecule has 0 aliphatic carbocycles. The third-order valence-corrected chi connectivity index (χ3v) is 1.76. The highest BCUT2D eigenvalue weighted by Crippen LogP contribution is 2.08. The first-order valence-electron chi connectivity index (χ1n) is 4.61. The van der Waals surface area contributed by atoms with Gasteiger partial charge >= 0.3 is 0 Å². The van der Waals surface area contributed by atoms with E-state index in [9.17, 15) is 0 Å². The first kappa shape index (κ1) is 13.3. The molecule has 0 unspecified atom stereocenters. The van der Waals surface area contributed by atoms with Gasteiger partial charge in [0.1, 0.15) is 5.75 Å². The van der Waals surface area contributed by atoms with Gasteiger partial charge in [-0.1, -0.05) is 18.2 Å². The highest BCUT2D eigenvalue weighted by atomic mass is 35.5. The quantitative estimate of drug-likeness (QED) is 0.700. The summed E-state index contributed by atoms with van der Waals surface area (Å²) >= 11 is 0. The minimum Gasteiger partial charge on any atom is -0.494 e. The summed E-state index contributed by atoms with van der Waals surface area (Å²) in [5.41, 5.74) is 0. The summed E-state index contributed by atoms with van der Waals surface area (Å²) in [5.74, 6) is 0.959. The Kier molecular flexibility index (Phi) is 7.25. The van der Waals surface area contributed by atoms with E-state index in [0.717, 1.165) is 25.3 Å². The minimum absolute atomic E-state index is 0. The predicted molar refractivity (Wildman–Crippen MR) is 62.4 cm³/mol. The molecule has 1 aromatic rings. The molecule has 0 aliphatic rings. The van der Waals surface area contributed by atoms with Crippen molar-refractivity contribution in [1.82, 2.24) is 4.90 Å². The summed E-state index contributed by atoms with van der Waals surface area (Å²) in [6.07, 6.45) is 1.07. The smallest absolute Gasteiger partial charge is 0.119 e. The van der Waals surface area contributed by atoms with Crippen LogP contribution in [0.4, 0.5) is 0 Å². The zero-order valence-electron chi connectivity index (χ0n) is 8.77. The predicted octanol–water partition coefficient (Wildman–Crippen LogP) is 2.44. The van der Waals surface area contributed by atoms with Gasteiger partial charge in [0.05, 0.1) is 6.61 Å². The molecule has 0 radical (unpaired) electrons. The van der Waals surface area contributed by atoms with E-state index in [2.05, 4.69) is 19.0 Å². The second-order valence-electron chi connectivity index (χ2n) is 3.32. The Balaban J connectivity index is 0.00000169. The van der Waals surface area contributed by atoms with Crippen molar-refractivity contribution in [2.45, 2.75) is 6.42 Å². The molecule has 2 nitrogen and oxygen atoms in total. The van der Waals surface area contributed by atoms with Crippen LogP contribution in [0.1, 0.15) is 6.42 Å². The van der Waals surface area contributed by atoms with E-state index in [1.54, 1.807) is 0 Å². The SMILES string of the molecule is CN(C)CCCOc1ccccc1.Cl. The van der Waals surface area contributed by atoms with Gasteiger partial charge in [-0.15, -0.1) is 12.4 Å². The van der Waals surface area contributed by atoms with E-state index in [1.165, 1.54) is 0 Å². The fraction of sp³-hybridized carbons (Fsp3) is 0.455. The van der Waals surface area contributed by atoms with Gasteiger partial charge in [-0.3, -0.25) is 0 Å². The lowest BCUT2D eigenvalue weighted by atomic mass is 10.3. The van der Waals surface area contributed by atoms with Crippen LogP contribution in [0.5, 0.6) is 5.75 Å². The Morgan fingerprint density at radius 3 is 2.36 bits per heavy atom. The van der Waals surface area contributed by atoms with Crippen LogP contribution in [-0.2, 0) is 0 Å². The Bertz CT molecular complexity index is 226. The van der Waals surface area contributed by atoms with E-state index in [0.29, 0.717) is 0 Å². The van der Waals surface area contributed by atoms with Crippen LogP contribution in [0.2, 0.25) is 0 Å². The summed E-state index contributed by atoms with van der Waals surface area (Å²) in [6, 6.07) is 9.93. The summed E-state index contributed by atoms with van der Waals surface area (Å²) in [4.78, 5) is 2.16. The summed E-state index contributed by atoms with van der Waals surface area (Å²) in [6.45, 7) is 1.87. The second kappa shape index (κ2) is 7.65. The molecule has 0 aliphatic heterocycles. The van der Waals surface area contributed by atoms with E-state index < -0.39 is 0 Å². The molecule has 0 atom stereocenters. The average molecular weight is 216 g/mol. The van der Waals surface area contributed by atoms with Crippen molar-refractivity contribution in [3.63, 3.8) is 0 Å². The van der Waals surface area contributed by atoms with Crippen molar-refractivity contribution in [2.24, 2.45) is 0 Å². The van der Waals surface area contributed by atoms with Crippen LogP contribution in [0, 0.1) is 0 Å². The average Bonchev–Trinajstić information content (AvgIpc) is 2.14. The molecule has 0 saturated heterocycles. The molecule has 0 N–H and O–H groups in total. The fourth-order valence-electron chi connectivity index (χ4n) is 1.09. The van der Waals surface area contributed by atoms with E-state index >= 15 is 0 Å². The highest BCUT2D eigenvalue weighted by molar-refractivity contribution is 5.85. The van der Waals surface area contributed by atoms with Crippen LogP contribution in [0.15, 0.2) is 30.3 Å². The number of rotatable bonds is 5. The molecular weight excluding hydrogens is 198 g/mol. The van der Waals surface area contributed by atoms with Gasteiger partial charge in [0.15, 0.2) is 0 Å². The lowest BCUT2D eigenvalue weighted by Gasteiger charge is -2.09. The second-order valence-corrected chi connectivity index (χ2v) is 3.32. The Hall–Kier alpha value is -0.730. The topological polar surface area (TPSA) is 12.5 Å². The minimum atomic E-state index is 0. The molecule has 0 amide bonds. The van der Waals surface area contributed by atoms with Gasteiger partial charge in [0, 0.05) is 6.54 Å². The molecular formula is C11H18ClNO. The number of para-hydroxylation sites is 1. The maximum atomic E-state index is 5.53. The number of ether oxygens (including phenoxy) is 1. The third-order valence-electron chi connectivity index (χ3n) is 1.76. The first-order valence-corrected chi connectivity index (χ1v) is 4.61. The van der Waals surface area contributed by atoms with Crippen LogP contribution < -0.4 is 4.74 Å². The Morgan fingerprint density at radius 1 is 1.14 bits per heavy atom. The van der Waals surface area contributed by atoms with Crippen molar-refractivity contribution >= 4 is 12.4 Å². The van der Waals surface area contributed by atoms with Crippen molar-refractivity contribution in [3.8, 4) is 5.75 Å². The molecule has 0 saturated carbocycles. The molecule has 1 aromatic carbocycles. The standard InChI is InChI=1S/C11H17NO.ClH/c1-12(2)9-6-10-13-11-7-4-3-5-8-11;/h3-5,7-8H,6,9-10H2,1-2H3;1H. The summed E-state index contributed by atoms with van der Waals surface area (Å²) in [7, 11) is 4.14. The monoisotopic (exact) mass is 215 g/mol. The van der Waals surface area contributed by atoms with Crippen LogP contribution in [-0.4, -0.2) is 32.1 Å². The van der Waals surface area contributed by atoms with Gasteiger partial charge < -0.3 is 9.64 Å². The zero-order valence-corrected chi connectivity index (χ0v) is 9.59. The van der Waals surface area contributed by atoms with Gasteiger partial charge in [0.2, 0.25) is 0 Å². The highest BCUT2D eigenvalue weighted by Gasteiger charge is 1.92. The van der Waals surface area contributed by atoms with Crippen LogP contribution in [0.25, 0.3) is 0 Å². The van der Waals surface area contributed by atoms with Crippen molar-refractivity contribution in [2.75, 3.05) is 27.2 Å². The number of hydrogen-bond donors (Lipinski definition) is 0. The lowest BCUT2D eigenvalue weighted by molar-refractivity contribution is 0.281. The zero-order chi connectivity index (χ0) is 9.52. The van der Waals surface area contributed by atoms with Gasteiger partial charge in [-0.05, 0) is 32.6 Å². The Morgan fingerprint density at radius 2 is 1.79 bits per heavy atom. The maximum Gasteiger partial charge on any atom is 0.119 e. The summed E-state index contributed by atoms with van der Waals surface area (Å²) < 4.78 is 5.53. The number of nitrogens with zero attached hydrogens (tertiary/aromatic N) is 1.